The van der Waals surface area contributed by atoms with E-state index in [0.717, 1.165) is 6.26 Å². The Bertz CT molecular complexity index is 1070. The Hall–Kier alpha value is -2.64. The van der Waals surface area contributed by atoms with Gasteiger partial charge in [0.2, 0.25) is 5.76 Å². The number of cyclic esters (lactones) is 1. The van der Waals surface area contributed by atoms with Crippen molar-refractivity contribution in [3.63, 3.8) is 0 Å². The second-order valence-corrected chi connectivity index (χ2v) is 10.1. The molecule has 6 nitrogen and oxygen atoms in total. The zero-order valence-corrected chi connectivity index (χ0v) is 17.8. The second-order valence-electron chi connectivity index (χ2n) is 8.09. The van der Waals surface area contributed by atoms with Crippen LogP contribution in [-0.2, 0) is 25.0 Å². The Balaban J connectivity index is 2.02. The minimum Gasteiger partial charge on any atom is -0.449 e. The highest BCUT2D eigenvalue weighted by molar-refractivity contribution is 7.90. The molecular formula is C22H24O6S. The molecule has 0 atom stereocenters. The number of ether oxygens (including phenoxy) is 2. The van der Waals surface area contributed by atoms with Gasteiger partial charge in [-0.05, 0) is 63.1 Å². The van der Waals surface area contributed by atoms with Crippen molar-refractivity contribution in [2.45, 2.75) is 43.8 Å². The molecule has 0 saturated carbocycles. The van der Waals surface area contributed by atoms with Crippen LogP contribution in [0.1, 0.15) is 38.8 Å². The average molecular weight is 416 g/mol. The molecule has 0 bridgehead atoms. The predicted molar refractivity (Wildman–Crippen MR) is 109 cm³/mol. The molecule has 0 amide bonds. The van der Waals surface area contributed by atoms with Crippen LogP contribution >= 0.6 is 0 Å². The summed E-state index contributed by atoms with van der Waals surface area (Å²) in [6.45, 7) is 6.86. The number of rotatable bonds is 5. The second kappa shape index (κ2) is 7.00. The molecule has 29 heavy (non-hydrogen) atoms. The van der Waals surface area contributed by atoms with Gasteiger partial charge in [0.15, 0.2) is 9.84 Å². The highest BCUT2D eigenvalue weighted by atomic mass is 32.2. The van der Waals surface area contributed by atoms with Crippen LogP contribution in [0.5, 0.6) is 5.75 Å². The van der Waals surface area contributed by atoms with Crippen LogP contribution in [-0.4, -0.2) is 31.4 Å². The van der Waals surface area contributed by atoms with Gasteiger partial charge in [-0.2, -0.15) is 0 Å². The van der Waals surface area contributed by atoms with Gasteiger partial charge in [0.05, 0.1) is 16.1 Å². The van der Waals surface area contributed by atoms with E-state index in [9.17, 15) is 18.3 Å². The minimum absolute atomic E-state index is 0.0538. The third-order valence-electron chi connectivity index (χ3n) is 4.71. The van der Waals surface area contributed by atoms with Crippen molar-refractivity contribution in [1.82, 2.24) is 0 Å². The first-order valence-corrected chi connectivity index (χ1v) is 11.0. The molecule has 0 aliphatic carbocycles. The van der Waals surface area contributed by atoms with Crippen molar-refractivity contribution in [1.29, 1.82) is 0 Å². The molecule has 0 aromatic heterocycles. The summed E-state index contributed by atoms with van der Waals surface area (Å²) in [6.07, 6.45) is 1.14. The van der Waals surface area contributed by atoms with E-state index >= 15 is 0 Å². The standard InChI is InChI=1S/C22H24O6S/c1-21(2,24)15-8-10-16(11-9-15)27-19-18(22(3,4)28-20(19)23)14-6-12-17(13-7-14)29(5,25)26/h6-13,24H,1-5H3. The highest BCUT2D eigenvalue weighted by Gasteiger charge is 2.43. The summed E-state index contributed by atoms with van der Waals surface area (Å²) in [4.78, 5) is 12.7. The van der Waals surface area contributed by atoms with Gasteiger partial charge in [0, 0.05) is 6.26 Å². The molecule has 1 heterocycles. The Labute approximate surface area is 170 Å². The lowest BCUT2D eigenvalue weighted by Gasteiger charge is -2.21. The summed E-state index contributed by atoms with van der Waals surface area (Å²) in [7, 11) is -3.33. The van der Waals surface area contributed by atoms with E-state index in [4.69, 9.17) is 9.47 Å². The molecule has 1 aliphatic rings. The average Bonchev–Trinajstić information content (AvgIpc) is 2.82. The van der Waals surface area contributed by atoms with Gasteiger partial charge in [-0.15, -0.1) is 0 Å². The van der Waals surface area contributed by atoms with Crippen LogP contribution in [0.3, 0.4) is 0 Å². The normalized spacial score (nSPS) is 16.7. The zero-order valence-electron chi connectivity index (χ0n) is 17.0. The van der Waals surface area contributed by atoms with E-state index in [1.165, 1.54) is 12.1 Å². The summed E-state index contributed by atoms with van der Waals surface area (Å²) in [5.74, 6) is -0.116. The number of carbonyl (C=O) groups excluding carboxylic acids is 1. The first-order valence-electron chi connectivity index (χ1n) is 9.08. The van der Waals surface area contributed by atoms with Crippen molar-refractivity contribution in [2.75, 3.05) is 6.26 Å². The lowest BCUT2D eigenvalue weighted by molar-refractivity contribution is -0.145. The number of aliphatic hydroxyl groups is 1. The van der Waals surface area contributed by atoms with Gasteiger partial charge in [-0.3, -0.25) is 0 Å². The van der Waals surface area contributed by atoms with Gasteiger partial charge in [-0.1, -0.05) is 24.3 Å². The number of esters is 1. The van der Waals surface area contributed by atoms with E-state index in [0.29, 0.717) is 22.4 Å². The van der Waals surface area contributed by atoms with Crippen LogP contribution in [0.15, 0.2) is 59.2 Å². The van der Waals surface area contributed by atoms with E-state index in [1.807, 2.05) is 0 Å². The summed E-state index contributed by atoms with van der Waals surface area (Å²) < 4.78 is 34.8. The van der Waals surface area contributed by atoms with Crippen molar-refractivity contribution in [3.05, 3.63) is 65.4 Å². The topological polar surface area (TPSA) is 89.9 Å². The van der Waals surface area contributed by atoms with Crippen molar-refractivity contribution >= 4 is 21.4 Å². The quantitative estimate of drug-likeness (QED) is 0.751. The van der Waals surface area contributed by atoms with Gasteiger partial charge in [0.1, 0.15) is 11.4 Å². The summed E-state index contributed by atoms with van der Waals surface area (Å²) in [5, 5.41) is 10.1. The molecular weight excluding hydrogens is 392 g/mol. The fourth-order valence-corrected chi connectivity index (χ4v) is 3.82. The number of sulfone groups is 1. The molecule has 1 aliphatic heterocycles. The van der Waals surface area contributed by atoms with Crippen LogP contribution in [0, 0.1) is 0 Å². The number of hydrogen-bond acceptors (Lipinski definition) is 6. The van der Waals surface area contributed by atoms with Gasteiger partial charge in [-0.25, -0.2) is 13.2 Å². The molecule has 2 aromatic rings. The molecule has 0 saturated heterocycles. The third-order valence-corrected chi connectivity index (χ3v) is 5.84. The maximum absolute atomic E-state index is 12.5. The molecule has 0 fully saturated rings. The van der Waals surface area contributed by atoms with Gasteiger partial charge >= 0.3 is 5.97 Å². The molecule has 2 aromatic carbocycles. The number of benzene rings is 2. The van der Waals surface area contributed by atoms with Gasteiger partial charge in [0.25, 0.3) is 0 Å². The van der Waals surface area contributed by atoms with Crippen molar-refractivity contribution in [2.24, 2.45) is 0 Å². The van der Waals surface area contributed by atoms with Crippen molar-refractivity contribution < 1.29 is 27.8 Å². The van der Waals surface area contributed by atoms with E-state index < -0.39 is 27.0 Å². The van der Waals surface area contributed by atoms with Crippen molar-refractivity contribution in [3.8, 4) is 5.75 Å². The molecule has 3 rings (SSSR count). The molecule has 0 spiro atoms. The molecule has 0 radical (unpaired) electrons. The Kier molecular flexibility index (Phi) is 5.09. The Morgan fingerprint density at radius 2 is 1.55 bits per heavy atom. The largest absolute Gasteiger partial charge is 0.449 e. The Morgan fingerprint density at radius 1 is 1.00 bits per heavy atom. The molecule has 1 N–H and O–H groups in total. The molecule has 154 valence electrons. The maximum atomic E-state index is 12.5. The van der Waals surface area contributed by atoms with Crippen LogP contribution in [0.25, 0.3) is 5.57 Å². The minimum atomic E-state index is -3.33. The summed E-state index contributed by atoms with van der Waals surface area (Å²) in [5.41, 5.74) is -0.0415. The van der Waals surface area contributed by atoms with Crippen LogP contribution in [0.2, 0.25) is 0 Å². The fraction of sp³-hybridized carbons (Fsp3) is 0.318. The summed E-state index contributed by atoms with van der Waals surface area (Å²) in [6, 6.07) is 13.0. The monoisotopic (exact) mass is 416 g/mol. The maximum Gasteiger partial charge on any atom is 0.375 e. The third kappa shape index (κ3) is 4.36. The lowest BCUT2D eigenvalue weighted by Crippen LogP contribution is -2.22. The summed E-state index contributed by atoms with van der Waals surface area (Å²) >= 11 is 0. The zero-order chi connectivity index (χ0) is 21.6. The first kappa shape index (κ1) is 21.1. The van der Waals surface area contributed by atoms with E-state index in [2.05, 4.69) is 0 Å². The SMILES string of the molecule is CC1(C)OC(=O)C(Oc2ccc(C(C)(C)O)cc2)=C1c1ccc(S(C)(=O)=O)cc1. The lowest BCUT2D eigenvalue weighted by atomic mass is 9.92. The number of carbonyl (C=O) groups is 1. The smallest absolute Gasteiger partial charge is 0.375 e. The molecule has 0 unspecified atom stereocenters. The van der Waals surface area contributed by atoms with E-state index in [1.54, 1.807) is 64.1 Å². The van der Waals surface area contributed by atoms with Gasteiger partial charge < -0.3 is 14.6 Å². The highest BCUT2D eigenvalue weighted by Crippen LogP contribution is 2.40. The van der Waals surface area contributed by atoms with Crippen LogP contribution < -0.4 is 4.74 Å². The Morgan fingerprint density at radius 3 is 2.03 bits per heavy atom. The first-order chi connectivity index (χ1) is 13.3. The predicted octanol–water partition coefficient (Wildman–Crippen LogP) is 3.44. The fourth-order valence-electron chi connectivity index (χ4n) is 3.19. The van der Waals surface area contributed by atoms with Crippen LogP contribution in [0.4, 0.5) is 0 Å². The molecule has 7 heteroatoms. The van der Waals surface area contributed by atoms with E-state index in [-0.39, 0.29) is 10.7 Å². The number of hydrogen-bond donors (Lipinski definition) is 1.